The number of ether oxygens (including phenoxy) is 1. The smallest absolute Gasteiger partial charge is 0.216 e. The van der Waals surface area contributed by atoms with Gasteiger partial charge in [0.05, 0.1) is 12.9 Å². The van der Waals surface area contributed by atoms with Crippen LogP contribution in [-0.2, 0) is 11.3 Å². The van der Waals surface area contributed by atoms with Gasteiger partial charge in [0.1, 0.15) is 12.4 Å². The quantitative estimate of drug-likeness (QED) is 0.396. The number of methoxy groups -OCH3 is 1. The van der Waals surface area contributed by atoms with Crippen LogP contribution in [0.2, 0.25) is 0 Å². The summed E-state index contributed by atoms with van der Waals surface area (Å²) in [5.41, 5.74) is 0. The molecule has 0 radical (unpaired) electrons. The Morgan fingerprint density at radius 2 is 2.38 bits per heavy atom. The molecule has 0 aliphatic heterocycles. The lowest BCUT2D eigenvalue weighted by atomic mass is 10.4. The molecule has 0 aromatic carbocycles. The Bertz CT molecular complexity index is 549. The summed E-state index contributed by atoms with van der Waals surface area (Å²) in [5, 5.41) is 13.3. The molecule has 0 fully saturated rings. The van der Waals surface area contributed by atoms with Crippen LogP contribution in [0.5, 0.6) is 0 Å². The van der Waals surface area contributed by atoms with Crippen molar-refractivity contribution in [2.45, 2.75) is 13.5 Å². The molecule has 0 spiro atoms. The van der Waals surface area contributed by atoms with Crippen LogP contribution < -0.4 is 10.6 Å². The number of H-pyrrole nitrogens is 1. The largest absolute Gasteiger partial charge is 0.461 e. The number of rotatable bonds is 7. The number of furan rings is 1. The first-order chi connectivity index (χ1) is 10.3. The minimum Gasteiger partial charge on any atom is -0.461 e. The van der Waals surface area contributed by atoms with E-state index >= 15 is 0 Å². The third kappa shape index (κ3) is 4.60. The second-order valence-corrected chi connectivity index (χ2v) is 4.20. The van der Waals surface area contributed by atoms with E-state index in [1.165, 1.54) is 0 Å². The van der Waals surface area contributed by atoms with Gasteiger partial charge >= 0.3 is 0 Å². The Balaban J connectivity index is 1.94. The second kappa shape index (κ2) is 8.05. The molecule has 0 bridgehead atoms. The van der Waals surface area contributed by atoms with Crippen molar-refractivity contribution in [2.24, 2.45) is 4.99 Å². The maximum Gasteiger partial charge on any atom is 0.216 e. The SMILES string of the molecule is CCNC(=NCc1nc(-c2ccco2)n[nH]1)NCCOC. The molecule has 3 N–H and O–H groups in total. The van der Waals surface area contributed by atoms with Crippen LogP contribution in [-0.4, -0.2) is 47.9 Å². The average molecular weight is 292 g/mol. The number of nitrogens with zero attached hydrogens (tertiary/aromatic N) is 3. The van der Waals surface area contributed by atoms with E-state index in [0.717, 1.165) is 6.54 Å². The highest BCUT2D eigenvalue weighted by Crippen LogP contribution is 2.14. The topological polar surface area (TPSA) is 100 Å². The molecule has 21 heavy (non-hydrogen) atoms. The van der Waals surface area contributed by atoms with Crippen LogP contribution in [0.25, 0.3) is 11.6 Å². The number of aromatic nitrogens is 3. The molecule has 114 valence electrons. The molecular formula is C13H20N6O2. The monoisotopic (exact) mass is 292 g/mol. The number of nitrogens with one attached hydrogen (secondary N) is 3. The standard InChI is InChI=1S/C13H20N6O2/c1-3-14-13(15-6-8-20-2)16-9-11-17-12(19-18-11)10-5-4-7-21-10/h4-5,7H,3,6,8-9H2,1-2H3,(H2,14,15,16)(H,17,18,19). The van der Waals surface area contributed by atoms with Gasteiger partial charge in [-0.3, -0.25) is 5.10 Å². The summed E-state index contributed by atoms with van der Waals surface area (Å²) in [6.45, 7) is 4.51. The van der Waals surface area contributed by atoms with Crippen molar-refractivity contribution in [1.82, 2.24) is 25.8 Å². The summed E-state index contributed by atoms with van der Waals surface area (Å²) < 4.78 is 10.2. The van der Waals surface area contributed by atoms with Crippen LogP contribution in [0.3, 0.4) is 0 Å². The van der Waals surface area contributed by atoms with Crippen molar-refractivity contribution in [1.29, 1.82) is 0 Å². The van der Waals surface area contributed by atoms with Gasteiger partial charge in [-0.2, -0.15) is 0 Å². The van der Waals surface area contributed by atoms with E-state index in [0.29, 0.717) is 43.1 Å². The molecule has 2 rings (SSSR count). The zero-order chi connectivity index (χ0) is 14.9. The van der Waals surface area contributed by atoms with E-state index in [9.17, 15) is 0 Å². The van der Waals surface area contributed by atoms with Crippen LogP contribution >= 0.6 is 0 Å². The van der Waals surface area contributed by atoms with Gasteiger partial charge < -0.3 is 19.8 Å². The lowest BCUT2D eigenvalue weighted by Crippen LogP contribution is -2.38. The van der Waals surface area contributed by atoms with Crippen molar-refractivity contribution in [3.63, 3.8) is 0 Å². The first kappa shape index (κ1) is 15.0. The van der Waals surface area contributed by atoms with E-state index in [1.54, 1.807) is 19.4 Å². The first-order valence-corrected chi connectivity index (χ1v) is 6.79. The van der Waals surface area contributed by atoms with Gasteiger partial charge in [0, 0.05) is 20.2 Å². The van der Waals surface area contributed by atoms with Gasteiger partial charge in [0.15, 0.2) is 11.7 Å². The van der Waals surface area contributed by atoms with Gasteiger partial charge in [0.2, 0.25) is 5.82 Å². The molecule has 2 aromatic rings. The van der Waals surface area contributed by atoms with Crippen LogP contribution in [0, 0.1) is 0 Å². The Morgan fingerprint density at radius 1 is 1.48 bits per heavy atom. The maximum atomic E-state index is 5.24. The van der Waals surface area contributed by atoms with E-state index in [1.807, 2.05) is 13.0 Å². The van der Waals surface area contributed by atoms with E-state index in [-0.39, 0.29) is 0 Å². The lowest BCUT2D eigenvalue weighted by molar-refractivity contribution is 0.203. The Labute approximate surface area is 123 Å². The predicted molar refractivity (Wildman–Crippen MR) is 78.8 cm³/mol. The molecule has 2 aromatic heterocycles. The molecular weight excluding hydrogens is 272 g/mol. The Hall–Kier alpha value is -2.35. The molecule has 0 amide bonds. The third-order valence-electron chi connectivity index (χ3n) is 2.60. The molecule has 0 aliphatic carbocycles. The summed E-state index contributed by atoms with van der Waals surface area (Å²) >= 11 is 0. The van der Waals surface area contributed by atoms with Gasteiger partial charge in [-0.1, -0.05) is 0 Å². The van der Waals surface area contributed by atoms with Gasteiger partial charge in [-0.05, 0) is 19.1 Å². The zero-order valence-electron chi connectivity index (χ0n) is 12.2. The molecule has 2 heterocycles. The summed E-state index contributed by atoms with van der Waals surface area (Å²) in [5.74, 6) is 2.55. The molecule has 8 nitrogen and oxygen atoms in total. The molecule has 0 saturated carbocycles. The third-order valence-corrected chi connectivity index (χ3v) is 2.60. The fraction of sp³-hybridized carbons (Fsp3) is 0.462. The fourth-order valence-corrected chi connectivity index (χ4v) is 1.65. The van der Waals surface area contributed by atoms with Crippen molar-refractivity contribution >= 4 is 5.96 Å². The highest BCUT2D eigenvalue weighted by molar-refractivity contribution is 5.79. The number of guanidine groups is 1. The highest BCUT2D eigenvalue weighted by Gasteiger charge is 2.07. The normalized spacial score (nSPS) is 11.6. The minimum absolute atomic E-state index is 0.399. The minimum atomic E-state index is 0.399. The summed E-state index contributed by atoms with van der Waals surface area (Å²) in [6, 6.07) is 3.61. The van der Waals surface area contributed by atoms with Crippen LogP contribution in [0.4, 0.5) is 0 Å². The summed E-state index contributed by atoms with van der Waals surface area (Å²) in [4.78, 5) is 8.76. The van der Waals surface area contributed by atoms with Gasteiger partial charge in [0.25, 0.3) is 0 Å². The molecule has 0 aliphatic rings. The second-order valence-electron chi connectivity index (χ2n) is 4.20. The number of hydrogen-bond donors (Lipinski definition) is 3. The zero-order valence-corrected chi connectivity index (χ0v) is 12.2. The molecule has 0 saturated heterocycles. The lowest BCUT2D eigenvalue weighted by Gasteiger charge is -2.10. The van der Waals surface area contributed by atoms with E-state index in [4.69, 9.17) is 9.15 Å². The molecule has 0 atom stereocenters. The van der Waals surface area contributed by atoms with Crippen molar-refractivity contribution < 1.29 is 9.15 Å². The van der Waals surface area contributed by atoms with Crippen LogP contribution in [0.15, 0.2) is 27.8 Å². The maximum absolute atomic E-state index is 5.24. The van der Waals surface area contributed by atoms with Gasteiger partial charge in [-0.25, -0.2) is 9.98 Å². The number of aliphatic imine (C=N–C) groups is 1. The first-order valence-electron chi connectivity index (χ1n) is 6.79. The van der Waals surface area contributed by atoms with Crippen molar-refractivity contribution in [2.75, 3.05) is 26.8 Å². The predicted octanol–water partition coefficient (Wildman–Crippen LogP) is 0.766. The molecule has 0 unspecified atom stereocenters. The van der Waals surface area contributed by atoms with E-state index < -0.39 is 0 Å². The van der Waals surface area contributed by atoms with E-state index in [2.05, 4.69) is 30.8 Å². The Morgan fingerprint density at radius 3 is 3.10 bits per heavy atom. The highest BCUT2D eigenvalue weighted by atomic mass is 16.5. The fourth-order valence-electron chi connectivity index (χ4n) is 1.65. The van der Waals surface area contributed by atoms with Gasteiger partial charge in [-0.15, -0.1) is 5.10 Å². The summed E-state index contributed by atoms with van der Waals surface area (Å²) in [6.07, 6.45) is 1.59. The number of aromatic amines is 1. The van der Waals surface area contributed by atoms with Crippen LogP contribution in [0.1, 0.15) is 12.7 Å². The number of hydrogen-bond acceptors (Lipinski definition) is 5. The Kier molecular flexibility index (Phi) is 5.77. The van der Waals surface area contributed by atoms with Crippen molar-refractivity contribution in [3.05, 3.63) is 24.2 Å². The molecule has 8 heteroatoms. The van der Waals surface area contributed by atoms with Crippen molar-refractivity contribution in [3.8, 4) is 11.6 Å². The average Bonchev–Trinajstić information content (AvgIpc) is 3.15. The summed E-state index contributed by atoms with van der Waals surface area (Å²) in [7, 11) is 1.66.